The van der Waals surface area contributed by atoms with Gasteiger partial charge in [-0.15, -0.1) is 13.2 Å². The number of carbonyl (C=O) groups is 2. The Morgan fingerprint density at radius 3 is 1.33 bits per heavy atom. The second-order valence-corrected chi connectivity index (χ2v) is 3.39. The largest absolute Gasteiger partial charge is 2.00 e. The van der Waals surface area contributed by atoms with Gasteiger partial charge in [-0.3, -0.25) is 0 Å². The summed E-state index contributed by atoms with van der Waals surface area (Å²) in [7, 11) is 0. The van der Waals surface area contributed by atoms with Crippen molar-refractivity contribution < 1.29 is 29.3 Å². The number of hydrogen-bond donors (Lipinski definition) is 0. The minimum Gasteiger partial charge on any atom is -0.545 e. The predicted octanol–water partition coefficient (Wildman–Crippen LogP) is -1.39. The summed E-state index contributed by atoms with van der Waals surface area (Å²) < 4.78 is 9.53. The molecular formula is C14H18MgO6. The Morgan fingerprint density at radius 1 is 0.857 bits per heavy atom. The smallest absolute Gasteiger partial charge is 0.545 e. The van der Waals surface area contributed by atoms with E-state index in [1.807, 2.05) is 0 Å². The van der Waals surface area contributed by atoms with Crippen LogP contribution in [0, 0.1) is 0 Å². The van der Waals surface area contributed by atoms with E-state index in [2.05, 4.69) is 26.3 Å². The van der Waals surface area contributed by atoms with E-state index in [0.29, 0.717) is 13.2 Å². The second kappa shape index (κ2) is 16.6. The maximum Gasteiger partial charge on any atom is 2.00 e. The van der Waals surface area contributed by atoms with Crippen molar-refractivity contribution in [1.82, 2.24) is 0 Å². The van der Waals surface area contributed by atoms with Crippen LogP contribution in [0.25, 0.3) is 0 Å². The number of hydrogen-bond acceptors (Lipinski definition) is 6. The van der Waals surface area contributed by atoms with E-state index < -0.39 is 11.9 Å². The Hall–Kier alpha value is -1.41. The standard InChI is InChI=1S/2C7H10O3.Mg/c2*1-3-4-10-5-6(2)7(8)9;/h2*3H,1-2,4-5H2,(H,8,9);/q;;+2/p-2. The zero-order valence-electron chi connectivity index (χ0n) is 12.0. The van der Waals surface area contributed by atoms with Gasteiger partial charge < -0.3 is 29.3 Å². The van der Waals surface area contributed by atoms with Gasteiger partial charge in [-0.25, -0.2) is 0 Å². The number of carboxylic acid groups (broad SMARTS) is 2. The number of rotatable bonds is 10. The fourth-order valence-corrected chi connectivity index (χ4v) is 0.649. The molecular weight excluding hydrogens is 288 g/mol. The molecule has 0 aliphatic heterocycles. The molecule has 0 amide bonds. The topological polar surface area (TPSA) is 98.7 Å². The first kappa shape index (κ1) is 24.6. The average molecular weight is 307 g/mol. The molecule has 0 aromatic rings. The van der Waals surface area contributed by atoms with E-state index in [9.17, 15) is 19.8 Å². The third-order valence-corrected chi connectivity index (χ3v) is 1.60. The van der Waals surface area contributed by atoms with Crippen LogP contribution in [-0.2, 0) is 19.1 Å². The molecule has 0 atom stereocenters. The predicted molar refractivity (Wildman–Crippen MR) is 76.1 cm³/mol. The molecule has 0 aromatic carbocycles. The van der Waals surface area contributed by atoms with E-state index in [0.717, 1.165) is 0 Å². The first-order chi connectivity index (χ1) is 9.36. The maximum atomic E-state index is 9.98. The molecule has 0 N–H and O–H groups in total. The molecule has 0 heterocycles. The van der Waals surface area contributed by atoms with Crippen molar-refractivity contribution in [3.05, 3.63) is 49.6 Å². The minimum absolute atomic E-state index is 0. The molecule has 112 valence electrons. The molecule has 0 radical (unpaired) electrons. The van der Waals surface area contributed by atoms with Crippen LogP contribution in [0.4, 0.5) is 0 Å². The average Bonchev–Trinajstić information content (AvgIpc) is 2.39. The Labute approximate surface area is 140 Å². The zero-order valence-corrected chi connectivity index (χ0v) is 13.4. The molecule has 0 unspecified atom stereocenters. The molecule has 0 saturated heterocycles. The third kappa shape index (κ3) is 18.6. The Morgan fingerprint density at radius 2 is 1.14 bits per heavy atom. The fourth-order valence-electron chi connectivity index (χ4n) is 0.649. The molecule has 0 fully saturated rings. The summed E-state index contributed by atoms with van der Waals surface area (Å²) in [5, 5.41) is 20.0. The van der Waals surface area contributed by atoms with E-state index >= 15 is 0 Å². The molecule has 6 nitrogen and oxygen atoms in total. The van der Waals surface area contributed by atoms with Crippen molar-refractivity contribution in [1.29, 1.82) is 0 Å². The summed E-state index contributed by atoms with van der Waals surface area (Å²) in [6, 6.07) is 0. The van der Waals surface area contributed by atoms with Gasteiger partial charge >= 0.3 is 23.1 Å². The molecule has 0 aliphatic carbocycles. The number of carboxylic acids is 2. The van der Waals surface area contributed by atoms with E-state index in [1.165, 1.54) is 12.2 Å². The number of ether oxygens (including phenoxy) is 2. The van der Waals surface area contributed by atoms with Gasteiger partial charge in [0.25, 0.3) is 0 Å². The van der Waals surface area contributed by atoms with Gasteiger partial charge in [-0.2, -0.15) is 0 Å². The van der Waals surface area contributed by atoms with Crippen LogP contribution in [-0.4, -0.2) is 61.4 Å². The Balaban J connectivity index is -0.000000295. The zero-order chi connectivity index (χ0) is 16.0. The molecule has 0 aromatic heterocycles. The van der Waals surface area contributed by atoms with Crippen molar-refractivity contribution in [3.8, 4) is 0 Å². The fraction of sp³-hybridized carbons (Fsp3) is 0.286. The van der Waals surface area contributed by atoms with Crippen molar-refractivity contribution in [3.63, 3.8) is 0 Å². The van der Waals surface area contributed by atoms with E-state index in [-0.39, 0.29) is 47.4 Å². The van der Waals surface area contributed by atoms with Crippen LogP contribution < -0.4 is 10.2 Å². The Bertz CT molecular complexity index is 340. The van der Waals surface area contributed by atoms with Crippen LogP contribution >= 0.6 is 0 Å². The Kier molecular flexibility index (Phi) is 19.5. The number of carbonyl (C=O) groups excluding carboxylic acids is 2. The molecule has 21 heavy (non-hydrogen) atoms. The van der Waals surface area contributed by atoms with Gasteiger partial charge in [-0.1, -0.05) is 25.3 Å². The molecule has 7 heteroatoms. The SMILES string of the molecule is C=CCOCC(=C)C(=O)[O-].C=CCOCC(=C)C(=O)[O-].[Mg+2]. The van der Waals surface area contributed by atoms with Crippen molar-refractivity contribution >= 4 is 35.0 Å². The van der Waals surface area contributed by atoms with Crippen molar-refractivity contribution in [2.24, 2.45) is 0 Å². The van der Waals surface area contributed by atoms with Gasteiger partial charge in [0, 0.05) is 0 Å². The summed E-state index contributed by atoms with van der Waals surface area (Å²) in [6.45, 7) is 13.8. The van der Waals surface area contributed by atoms with Gasteiger partial charge in [0.15, 0.2) is 0 Å². The van der Waals surface area contributed by atoms with Crippen LogP contribution in [0.1, 0.15) is 0 Å². The molecule has 0 spiro atoms. The summed E-state index contributed by atoms with van der Waals surface area (Å²) >= 11 is 0. The normalized spacial score (nSPS) is 8.38. The molecule has 0 aliphatic rings. The quantitative estimate of drug-likeness (QED) is 0.213. The molecule has 0 saturated carbocycles. The first-order valence-electron chi connectivity index (χ1n) is 5.52. The minimum atomic E-state index is -1.27. The van der Waals surface area contributed by atoms with Gasteiger partial charge in [0.1, 0.15) is 0 Å². The second-order valence-electron chi connectivity index (χ2n) is 3.39. The summed E-state index contributed by atoms with van der Waals surface area (Å²) in [5.74, 6) is -2.55. The van der Waals surface area contributed by atoms with Crippen LogP contribution in [0.2, 0.25) is 0 Å². The van der Waals surface area contributed by atoms with E-state index in [1.54, 1.807) is 0 Å². The summed E-state index contributed by atoms with van der Waals surface area (Å²) in [4.78, 5) is 20.0. The monoisotopic (exact) mass is 306 g/mol. The summed E-state index contributed by atoms with van der Waals surface area (Å²) in [6.07, 6.45) is 3.06. The van der Waals surface area contributed by atoms with Crippen molar-refractivity contribution in [2.75, 3.05) is 26.4 Å². The van der Waals surface area contributed by atoms with Crippen LogP contribution in [0.3, 0.4) is 0 Å². The van der Waals surface area contributed by atoms with Gasteiger partial charge in [0.2, 0.25) is 0 Å². The van der Waals surface area contributed by atoms with Crippen LogP contribution in [0.5, 0.6) is 0 Å². The van der Waals surface area contributed by atoms with Gasteiger partial charge in [-0.05, 0) is 11.1 Å². The third-order valence-electron chi connectivity index (χ3n) is 1.60. The first-order valence-corrected chi connectivity index (χ1v) is 5.52. The number of aliphatic carboxylic acids is 2. The van der Waals surface area contributed by atoms with Crippen LogP contribution in [0.15, 0.2) is 49.6 Å². The van der Waals surface area contributed by atoms with Gasteiger partial charge in [0.05, 0.1) is 38.4 Å². The maximum absolute atomic E-state index is 9.98. The molecule has 0 rings (SSSR count). The van der Waals surface area contributed by atoms with Crippen molar-refractivity contribution in [2.45, 2.75) is 0 Å². The molecule has 0 bridgehead atoms. The summed E-state index contributed by atoms with van der Waals surface area (Å²) in [5.41, 5.74) is -0.108. The van der Waals surface area contributed by atoms with E-state index in [4.69, 9.17) is 9.47 Å².